The highest BCUT2D eigenvalue weighted by Gasteiger charge is 2.42. The van der Waals surface area contributed by atoms with Gasteiger partial charge in [0.2, 0.25) is 5.91 Å². The summed E-state index contributed by atoms with van der Waals surface area (Å²) in [6.07, 6.45) is 6.58. The highest BCUT2D eigenvalue weighted by atomic mass is 16.2. The number of carbonyl (C=O) groups is 1. The van der Waals surface area contributed by atoms with Gasteiger partial charge in [0.1, 0.15) is 6.04 Å². The van der Waals surface area contributed by atoms with Crippen LogP contribution in [0.4, 0.5) is 5.69 Å². The van der Waals surface area contributed by atoms with E-state index in [-0.39, 0.29) is 18.0 Å². The second-order valence-electron chi connectivity index (χ2n) is 8.41. The predicted molar refractivity (Wildman–Crippen MR) is 103 cm³/mol. The number of allylic oxidation sites excluding steroid dienone is 2. The van der Waals surface area contributed by atoms with Gasteiger partial charge in [-0.1, -0.05) is 30.4 Å². The summed E-state index contributed by atoms with van der Waals surface area (Å²) in [5, 5.41) is 6.91. The summed E-state index contributed by atoms with van der Waals surface area (Å²) >= 11 is 0. The SMILES string of the molecule is CN1CCN2C[C@@H](NC(=O)C3Nc4ccccc4C4C=CCC34)C[C@H]2C1. The molecule has 5 nitrogen and oxygen atoms in total. The van der Waals surface area contributed by atoms with Crippen LogP contribution in [0, 0.1) is 5.92 Å². The molecule has 1 aromatic carbocycles. The summed E-state index contributed by atoms with van der Waals surface area (Å²) in [6.45, 7) is 4.38. The van der Waals surface area contributed by atoms with E-state index < -0.39 is 0 Å². The summed E-state index contributed by atoms with van der Waals surface area (Å²) in [6, 6.07) is 9.18. The number of nitrogens with one attached hydrogen (secondary N) is 2. The van der Waals surface area contributed by atoms with Crippen LogP contribution in [-0.2, 0) is 4.79 Å². The van der Waals surface area contributed by atoms with Crippen molar-refractivity contribution in [3.8, 4) is 0 Å². The van der Waals surface area contributed by atoms with Crippen LogP contribution in [0.15, 0.2) is 36.4 Å². The van der Waals surface area contributed by atoms with Crippen molar-refractivity contribution < 1.29 is 4.79 Å². The number of carbonyl (C=O) groups excluding carboxylic acids is 1. The van der Waals surface area contributed by atoms with Gasteiger partial charge in [0.15, 0.2) is 0 Å². The van der Waals surface area contributed by atoms with Crippen LogP contribution >= 0.6 is 0 Å². The Morgan fingerprint density at radius 2 is 2.12 bits per heavy atom. The number of hydrogen-bond donors (Lipinski definition) is 2. The molecule has 3 unspecified atom stereocenters. The number of likely N-dealkylation sites (N-methyl/N-ethyl adjacent to an activating group) is 1. The van der Waals surface area contributed by atoms with E-state index in [1.165, 1.54) is 5.56 Å². The van der Waals surface area contributed by atoms with Crippen molar-refractivity contribution in [1.82, 2.24) is 15.1 Å². The van der Waals surface area contributed by atoms with Gasteiger partial charge in [0.25, 0.3) is 0 Å². The minimum absolute atomic E-state index is 0.134. The van der Waals surface area contributed by atoms with Gasteiger partial charge in [-0.15, -0.1) is 0 Å². The maximum Gasteiger partial charge on any atom is 0.243 e. The molecule has 138 valence electrons. The molecule has 3 aliphatic heterocycles. The van der Waals surface area contributed by atoms with E-state index in [1.807, 2.05) is 6.07 Å². The predicted octanol–water partition coefficient (Wildman–Crippen LogP) is 1.64. The number of para-hydroxylation sites is 1. The van der Waals surface area contributed by atoms with E-state index >= 15 is 0 Å². The Kier molecular flexibility index (Phi) is 4.02. The summed E-state index contributed by atoms with van der Waals surface area (Å²) < 4.78 is 0. The molecular formula is C21H28N4O. The first-order chi connectivity index (χ1) is 12.7. The molecule has 1 amide bonds. The quantitative estimate of drug-likeness (QED) is 0.795. The molecule has 0 saturated carbocycles. The number of anilines is 1. The Labute approximate surface area is 155 Å². The third kappa shape index (κ3) is 2.74. The normalized spacial score (nSPS) is 36.1. The Balaban J connectivity index is 1.29. The summed E-state index contributed by atoms with van der Waals surface area (Å²) in [4.78, 5) is 18.1. The lowest BCUT2D eigenvalue weighted by Crippen LogP contribution is -2.51. The van der Waals surface area contributed by atoms with Crippen LogP contribution in [0.25, 0.3) is 0 Å². The maximum atomic E-state index is 13.1. The lowest BCUT2D eigenvalue weighted by Gasteiger charge is -2.36. The molecule has 2 saturated heterocycles. The molecular weight excluding hydrogens is 324 g/mol. The van der Waals surface area contributed by atoms with Gasteiger partial charge in [0, 0.05) is 55.8 Å². The number of piperazine rings is 1. The maximum absolute atomic E-state index is 13.1. The van der Waals surface area contributed by atoms with Crippen molar-refractivity contribution >= 4 is 11.6 Å². The fourth-order valence-corrected chi connectivity index (χ4v) is 5.40. The molecule has 26 heavy (non-hydrogen) atoms. The first-order valence-electron chi connectivity index (χ1n) is 9.94. The molecule has 5 heteroatoms. The molecule has 1 aromatic rings. The Morgan fingerprint density at radius 1 is 1.23 bits per heavy atom. The van der Waals surface area contributed by atoms with Crippen LogP contribution in [0.5, 0.6) is 0 Å². The summed E-state index contributed by atoms with van der Waals surface area (Å²) in [5.74, 6) is 0.878. The zero-order valence-corrected chi connectivity index (χ0v) is 15.4. The van der Waals surface area contributed by atoms with Crippen LogP contribution in [0.2, 0.25) is 0 Å². The van der Waals surface area contributed by atoms with Gasteiger partial charge in [-0.2, -0.15) is 0 Å². The summed E-state index contributed by atoms with van der Waals surface area (Å²) in [5.41, 5.74) is 2.45. The topological polar surface area (TPSA) is 47.6 Å². The smallest absolute Gasteiger partial charge is 0.243 e. The monoisotopic (exact) mass is 352 g/mol. The third-order valence-corrected chi connectivity index (χ3v) is 6.72. The van der Waals surface area contributed by atoms with E-state index in [0.29, 0.717) is 17.9 Å². The van der Waals surface area contributed by atoms with Gasteiger partial charge in [-0.3, -0.25) is 9.69 Å². The van der Waals surface area contributed by atoms with Crippen LogP contribution in [-0.4, -0.2) is 67.1 Å². The van der Waals surface area contributed by atoms with Crippen LogP contribution in [0.1, 0.15) is 24.3 Å². The number of nitrogens with zero attached hydrogens (tertiary/aromatic N) is 2. The van der Waals surface area contributed by atoms with E-state index in [9.17, 15) is 4.79 Å². The van der Waals surface area contributed by atoms with Crippen molar-refractivity contribution in [2.75, 3.05) is 38.5 Å². The standard InChI is InChI=1S/C21H28N4O/c1-24-9-10-25-12-14(11-15(25)13-24)22-21(26)20-18-7-4-6-16(18)17-5-2-3-8-19(17)23-20/h2-6,8,14-16,18,20,23H,7,9-13H2,1H3,(H,22,26)/t14-,15-,16?,18?,20?/m0/s1. The fourth-order valence-electron chi connectivity index (χ4n) is 5.40. The Bertz CT molecular complexity index is 732. The minimum atomic E-state index is -0.134. The molecule has 5 rings (SSSR count). The lowest BCUT2D eigenvalue weighted by molar-refractivity contribution is -0.123. The third-order valence-electron chi connectivity index (χ3n) is 6.72. The zero-order valence-electron chi connectivity index (χ0n) is 15.4. The van der Waals surface area contributed by atoms with E-state index in [4.69, 9.17) is 0 Å². The van der Waals surface area contributed by atoms with Crippen LogP contribution < -0.4 is 10.6 Å². The van der Waals surface area contributed by atoms with Gasteiger partial charge >= 0.3 is 0 Å². The molecule has 2 fully saturated rings. The lowest BCUT2D eigenvalue weighted by atomic mass is 9.79. The Morgan fingerprint density at radius 3 is 3.04 bits per heavy atom. The van der Waals surface area contributed by atoms with E-state index in [1.54, 1.807) is 0 Å². The molecule has 0 aromatic heterocycles. The summed E-state index contributed by atoms with van der Waals surface area (Å²) in [7, 11) is 2.19. The molecule has 0 radical (unpaired) electrons. The highest BCUT2D eigenvalue weighted by molar-refractivity contribution is 5.87. The average molecular weight is 352 g/mol. The molecule has 1 aliphatic carbocycles. The number of rotatable bonds is 2. The van der Waals surface area contributed by atoms with Crippen molar-refractivity contribution in [2.45, 2.75) is 36.9 Å². The first kappa shape index (κ1) is 16.3. The fraction of sp³-hybridized carbons (Fsp3) is 0.571. The second kappa shape index (κ2) is 6.39. The first-order valence-corrected chi connectivity index (χ1v) is 9.94. The van der Waals surface area contributed by atoms with Crippen LogP contribution in [0.3, 0.4) is 0 Å². The van der Waals surface area contributed by atoms with E-state index in [2.05, 4.69) is 57.8 Å². The zero-order chi connectivity index (χ0) is 17.7. The van der Waals surface area contributed by atoms with Gasteiger partial charge in [0.05, 0.1) is 0 Å². The molecule has 2 N–H and O–H groups in total. The van der Waals surface area contributed by atoms with Crippen molar-refractivity contribution in [3.63, 3.8) is 0 Å². The van der Waals surface area contributed by atoms with E-state index in [0.717, 1.165) is 44.7 Å². The Hall–Kier alpha value is -1.85. The molecule has 0 spiro atoms. The molecule has 5 atom stereocenters. The number of hydrogen-bond acceptors (Lipinski definition) is 4. The minimum Gasteiger partial charge on any atom is -0.373 e. The van der Waals surface area contributed by atoms with Crippen molar-refractivity contribution in [1.29, 1.82) is 0 Å². The highest BCUT2D eigenvalue weighted by Crippen LogP contribution is 2.44. The van der Waals surface area contributed by atoms with Gasteiger partial charge in [-0.05, 0) is 31.5 Å². The molecule has 3 heterocycles. The van der Waals surface area contributed by atoms with Gasteiger partial charge < -0.3 is 15.5 Å². The number of amides is 1. The van der Waals surface area contributed by atoms with Crippen molar-refractivity contribution in [3.05, 3.63) is 42.0 Å². The number of fused-ring (bicyclic) bond motifs is 4. The second-order valence-corrected chi connectivity index (χ2v) is 8.41. The van der Waals surface area contributed by atoms with Gasteiger partial charge in [-0.25, -0.2) is 0 Å². The number of benzene rings is 1. The average Bonchev–Trinajstić information content (AvgIpc) is 3.27. The molecule has 0 bridgehead atoms. The van der Waals surface area contributed by atoms with Crippen molar-refractivity contribution in [2.24, 2.45) is 5.92 Å². The largest absolute Gasteiger partial charge is 0.373 e. The molecule has 4 aliphatic rings.